The van der Waals surface area contributed by atoms with Crippen LogP contribution in [0.1, 0.15) is 0 Å². The molecule has 0 bridgehead atoms. The molecule has 0 aliphatic heterocycles. The van der Waals surface area contributed by atoms with E-state index in [-0.39, 0.29) is 80.1 Å². The van der Waals surface area contributed by atoms with Gasteiger partial charge in [-0.1, -0.05) is 0 Å². The standard InChI is InChI=1S/Al.Fe.Zn.Zr.3H. The van der Waals surface area contributed by atoms with Gasteiger partial charge >= 0.3 is 0 Å². The average Bonchev–Trinajstić information content (AvgIpc) is 0. The molecule has 0 spiro atoms. The van der Waals surface area contributed by atoms with Gasteiger partial charge < -0.3 is 0 Å². The molecule has 0 aliphatic carbocycles. The molecule has 0 amide bonds. The third-order valence-corrected chi connectivity index (χ3v) is 0. The summed E-state index contributed by atoms with van der Waals surface area (Å²) in [6, 6.07) is 0. The van der Waals surface area contributed by atoms with E-state index >= 15 is 0 Å². The molecule has 0 heterocycles. The van der Waals surface area contributed by atoms with Crippen LogP contribution in [0.2, 0.25) is 0 Å². The first kappa shape index (κ1) is 31.0. The molecule has 0 nitrogen and oxygen atoms in total. The summed E-state index contributed by atoms with van der Waals surface area (Å²) >= 11 is 0. The Labute approximate surface area is 79.0 Å². The van der Waals surface area contributed by atoms with Crippen molar-refractivity contribution in [3.63, 3.8) is 0 Å². The zero-order valence-corrected chi connectivity index (χ0v) is 8.09. The summed E-state index contributed by atoms with van der Waals surface area (Å²) in [6.45, 7) is 0. The molecule has 4 heavy (non-hydrogen) atoms. The van der Waals surface area contributed by atoms with Gasteiger partial charge in [0.25, 0.3) is 0 Å². The fraction of sp³-hybridized carbons (Fsp3) is 0. The Bertz CT molecular complexity index is 8.00. The molecule has 0 radical (unpaired) electrons. The summed E-state index contributed by atoms with van der Waals surface area (Å²) < 4.78 is 0. The van der Waals surface area contributed by atoms with E-state index in [4.69, 9.17) is 0 Å². The second kappa shape index (κ2) is 17.6. The van der Waals surface area contributed by atoms with Crippen molar-refractivity contribution in [2.24, 2.45) is 0 Å². The van der Waals surface area contributed by atoms with Crippen LogP contribution in [-0.4, -0.2) is 17.4 Å². The Balaban J connectivity index is 0. The van der Waals surface area contributed by atoms with Crippen molar-refractivity contribution in [2.75, 3.05) is 0 Å². The summed E-state index contributed by atoms with van der Waals surface area (Å²) in [6.07, 6.45) is 0. The van der Waals surface area contributed by atoms with Gasteiger partial charge in [-0.2, -0.15) is 0 Å². The Morgan fingerprint density at radius 3 is 1.00 bits per heavy atom. The van der Waals surface area contributed by atoms with Gasteiger partial charge in [0.2, 0.25) is 0 Å². The molecule has 0 unspecified atom stereocenters. The molecular formula is H3AlFeZnZr. The molecule has 0 aliphatic rings. The maximum absolute atomic E-state index is 0. The largest absolute Gasteiger partial charge is 0.187 e. The molecule has 0 saturated heterocycles. The van der Waals surface area contributed by atoms with Gasteiger partial charge in [-0.25, -0.2) is 0 Å². The molecular weight excluding hydrogens is 239 g/mol. The van der Waals surface area contributed by atoms with Gasteiger partial charge in [0, 0.05) is 62.8 Å². The van der Waals surface area contributed by atoms with E-state index in [0.717, 1.165) is 0 Å². The predicted octanol–water partition coefficient (Wildman–Crippen LogP) is -1.19. The van der Waals surface area contributed by atoms with Crippen LogP contribution in [0.4, 0.5) is 0 Å². The van der Waals surface area contributed by atoms with Crippen LogP contribution in [0.25, 0.3) is 0 Å². The van der Waals surface area contributed by atoms with Crippen LogP contribution < -0.4 is 0 Å². The molecule has 0 aromatic heterocycles. The summed E-state index contributed by atoms with van der Waals surface area (Å²) in [5, 5.41) is 0. The Hall–Kier alpha value is 2.56. The van der Waals surface area contributed by atoms with Gasteiger partial charge in [-0.05, 0) is 0 Å². The van der Waals surface area contributed by atoms with Gasteiger partial charge in [-0.15, -0.1) is 0 Å². The van der Waals surface area contributed by atoms with E-state index in [1.54, 1.807) is 0 Å². The fourth-order valence-electron chi connectivity index (χ4n) is 0. The smallest absolute Gasteiger partial charge is 0 e. The molecule has 0 aromatic rings. The predicted molar refractivity (Wildman–Crippen MR) is 9.94 cm³/mol. The Morgan fingerprint density at radius 1 is 1.00 bits per heavy atom. The van der Waals surface area contributed by atoms with Gasteiger partial charge in [0.1, 0.15) is 0 Å². The average molecular weight is 242 g/mol. The Kier molecular flexibility index (Phi) is 137. The van der Waals surface area contributed by atoms with Crippen molar-refractivity contribution in [3.8, 4) is 0 Å². The van der Waals surface area contributed by atoms with Crippen molar-refractivity contribution < 1.29 is 62.8 Å². The maximum Gasteiger partial charge on any atom is 0.187 e. The molecule has 4 heteroatoms. The van der Waals surface area contributed by atoms with Gasteiger partial charge in [0.15, 0.2) is 17.4 Å². The van der Waals surface area contributed by atoms with Crippen LogP contribution in [0.5, 0.6) is 0 Å². The van der Waals surface area contributed by atoms with Crippen LogP contribution in [0.3, 0.4) is 0 Å². The van der Waals surface area contributed by atoms with Crippen molar-refractivity contribution in [2.45, 2.75) is 0 Å². The van der Waals surface area contributed by atoms with Crippen LogP contribution in [-0.2, 0) is 62.8 Å². The zero-order chi connectivity index (χ0) is 0. The third-order valence-electron chi connectivity index (χ3n) is 0. The molecule has 0 saturated carbocycles. The minimum Gasteiger partial charge on any atom is 0 e. The third kappa shape index (κ3) is 8.82. The SMILES string of the molecule is [AlH3].[Fe].[Zn].[Zr]. The molecule has 0 fully saturated rings. The van der Waals surface area contributed by atoms with E-state index in [1.807, 2.05) is 0 Å². The zero-order valence-electron chi connectivity index (χ0n) is 1.56. The molecule has 0 aromatic carbocycles. The van der Waals surface area contributed by atoms with Crippen LogP contribution in [0.15, 0.2) is 0 Å². The van der Waals surface area contributed by atoms with Crippen molar-refractivity contribution in [1.29, 1.82) is 0 Å². The second-order valence-electron chi connectivity index (χ2n) is 0. The first-order valence-electron chi connectivity index (χ1n) is 0. The number of hydrogen-bond donors (Lipinski definition) is 0. The maximum atomic E-state index is 0. The van der Waals surface area contributed by atoms with E-state index in [0.29, 0.717) is 0 Å². The number of hydrogen-bond acceptors (Lipinski definition) is 0. The summed E-state index contributed by atoms with van der Waals surface area (Å²) in [4.78, 5) is 0. The van der Waals surface area contributed by atoms with Crippen LogP contribution in [0, 0.1) is 0 Å². The Morgan fingerprint density at radius 2 is 1.00 bits per heavy atom. The van der Waals surface area contributed by atoms with Crippen molar-refractivity contribution >= 4 is 17.4 Å². The normalized spacial score (nSPS) is 0. The first-order chi connectivity index (χ1) is 0. The van der Waals surface area contributed by atoms with Crippen molar-refractivity contribution in [1.82, 2.24) is 0 Å². The molecule has 20 valence electrons. The van der Waals surface area contributed by atoms with E-state index in [9.17, 15) is 0 Å². The van der Waals surface area contributed by atoms with E-state index in [2.05, 4.69) is 0 Å². The monoisotopic (exact) mass is 240 g/mol. The first-order valence-corrected chi connectivity index (χ1v) is 0. The van der Waals surface area contributed by atoms with Gasteiger partial charge in [-0.3, -0.25) is 0 Å². The van der Waals surface area contributed by atoms with E-state index in [1.165, 1.54) is 0 Å². The topological polar surface area (TPSA) is 0 Å². The minimum atomic E-state index is 0. The quantitative estimate of drug-likeness (QED) is 0.469. The molecule has 0 N–H and O–H groups in total. The van der Waals surface area contributed by atoms with Gasteiger partial charge in [0.05, 0.1) is 0 Å². The summed E-state index contributed by atoms with van der Waals surface area (Å²) in [5.74, 6) is 0. The summed E-state index contributed by atoms with van der Waals surface area (Å²) in [5.41, 5.74) is 0. The molecule has 0 rings (SSSR count). The second-order valence-corrected chi connectivity index (χ2v) is 0. The summed E-state index contributed by atoms with van der Waals surface area (Å²) in [7, 11) is 0. The van der Waals surface area contributed by atoms with Crippen molar-refractivity contribution in [3.05, 3.63) is 0 Å². The fourth-order valence-corrected chi connectivity index (χ4v) is 0. The minimum absolute atomic E-state index is 0. The van der Waals surface area contributed by atoms with Crippen LogP contribution >= 0.6 is 0 Å². The molecule has 0 atom stereocenters. The number of rotatable bonds is 0. The van der Waals surface area contributed by atoms with E-state index < -0.39 is 0 Å².